The van der Waals surface area contributed by atoms with Crippen LogP contribution in [0.1, 0.15) is 37.0 Å². The topological polar surface area (TPSA) is 67.4 Å². The predicted molar refractivity (Wildman–Crippen MR) is 89.5 cm³/mol. The van der Waals surface area contributed by atoms with E-state index in [1.165, 1.54) is 0 Å². The average Bonchev–Trinajstić information content (AvgIpc) is 3.03. The Morgan fingerprint density at radius 1 is 1.30 bits per heavy atom. The Morgan fingerprint density at radius 3 is 2.57 bits per heavy atom. The number of halogens is 1. The first-order chi connectivity index (χ1) is 11.0. The van der Waals surface area contributed by atoms with Crippen LogP contribution in [0.25, 0.3) is 0 Å². The summed E-state index contributed by atoms with van der Waals surface area (Å²) in [6.07, 6.45) is 2.07. The van der Waals surface area contributed by atoms with Gasteiger partial charge in [0.2, 0.25) is 5.91 Å². The van der Waals surface area contributed by atoms with E-state index in [4.69, 9.17) is 16.3 Å². The van der Waals surface area contributed by atoms with Gasteiger partial charge in [-0.1, -0.05) is 25.4 Å². The van der Waals surface area contributed by atoms with Gasteiger partial charge in [-0.05, 0) is 43.0 Å². The lowest BCUT2D eigenvalue weighted by Crippen LogP contribution is -2.50. The molecule has 0 unspecified atom stereocenters. The number of carbonyl (C=O) groups excluding carboxylic acids is 2. The van der Waals surface area contributed by atoms with Crippen LogP contribution in [0.2, 0.25) is 5.02 Å². The molecule has 0 radical (unpaired) electrons. The summed E-state index contributed by atoms with van der Waals surface area (Å²) in [6.45, 7) is 5.04. The van der Waals surface area contributed by atoms with Crippen LogP contribution in [0.3, 0.4) is 0 Å². The molecule has 126 valence electrons. The summed E-state index contributed by atoms with van der Waals surface area (Å²) in [4.78, 5) is 24.6. The van der Waals surface area contributed by atoms with Crippen LogP contribution < -0.4 is 10.6 Å². The van der Waals surface area contributed by atoms with Crippen molar-refractivity contribution in [2.75, 3.05) is 13.2 Å². The van der Waals surface area contributed by atoms with Crippen molar-refractivity contribution >= 4 is 23.4 Å². The molecule has 1 aliphatic heterocycles. The average molecular weight is 339 g/mol. The Morgan fingerprint density at radius 2 is 2.00 bits per heavy atom. The minimum Gasteiger partial charge on any atom is -0.376 e. The summed E-state index contributed by atoms with van der Waals surface area (Å²) in [6, 6.07) is 6.00. The van der Waals surface area contributed by atoms with Crippen molar-refractivity contribution in [1.82, 2.24) is 10.6 Å². The molecule has 1 fully saturated rings. The van der Waals surface area contributed by atoms with E-state index in [1.807, 2.05) is 13.8 Å². The molecule has 2 amide bonds. The number of rotatable bonds is 6. The highest BCUT2D eigenvalue weighted by Gasteiger charge is 2.26. The Bertz CT molecular complexity index is 539. The van der Waals surface area contributed by atoms with Crippen molar-refractivity contribution in [3.63, 3.8) is 0 Å². The van der Waals surface area contributed by atoms with Gasteiger partial charge in [-0.3, -0.25) is 9.59 Å². The molecule has 1 aromatic rings. The maximum absolute atomic E-state index is 12.4. The van der Waals surface area contributed by atoms with E-state index < -0.39 is 6.04 Å². The van der Waals surface area contributed by atoms with Crippen LogP contribution in [0.4, 0.5) is 0 Å². The zero-order chi connectivity index (χ0) is 16.8. The SMILES string of the molecule is CC(C)[C@@H](NC(=O)c1ccc(Cl)cc1)C(=O)NC[C@@H]1CCCO1. The summed E-state index contributed by atoms with van der Waals surface area (Å²) in [5, 5.41) is 6.23. The largest absolute Gasteiger partial charge is 0.376 e. The van der Waals surface area contributed by atoms with Gasteiger partial charge in [0.15, 0.2) is 0 Å². The second-order valence-electron chi connectivity index (χ2n) is 6.08. The van der Waals surface area contributed by atoms with E-state index in [2.05, 4.69) is 10.6 Å². The maximum atomic E-state index is 12.4. The number of amides is 2. The number of nitrogens with one attached hydrogen (secondary N) is 2. The van der Waals surface area contributed by atoms with E-state index >= 15 is 0 Å². The van der Waals surface area contributed by atoms with Gasteiger partial charge >= 0.3 is 0 Å². The van der Waals surface area contributed by atoms with Crippen LogP contribution in [0.5, 0.6) is 0 Å². The van der Waals surface area contributed by atoms with Gasteiger partial charge in [0.1, 0.15) is 6.04 Å². The van der Waals surface area contributed by atoms with Crippen LogP contribution >= 0.6 is 11.6 Å². The highest BCUT2D eigenvalue weighted by molar-refractivity contribution is 6.30. The first-order valence-corrected chi connectivity index (χ1v) is 8.31. The van der Waals surface area contributed by atoms with E-state index in [0.29, 0.717) is 17.1 Å². The molecule has 1 heterocycles. The molecule has 1 aliphatic rings. The van der Waals surface area contributed by atoms with Crippen molar-refractivity contribution in [3.8, 4) is 0 Å². The molecule has 0 saturated carbocycles. The number of carbonyl (C=O) groups is 2. The number of hydrogen-bond acceptors (Lipinski definition) is 3. The third-order valence-corrected chi connectivity index (χ3v) is 4.12. The first kappa shape index (κ1) is 17.8. The van der Waals surface area contributed by atoms with Crippen molar-refractivity contribution in [2.24, 2.45) is 5.92 Å². The van der Waals surface area contributed by atoms with Gasteiger partial charge in [-0.2, -0.15) is 0 Å². The van der Waals surface area contributed by atoms with E-state index in [1.54, 1.807) is 24.3 Å². The van der Waals surface area contributed by atoms with E-state index in [9.17, 15) is 9.59 Å². The van der Waals surface area contributed by atoms with Crippen LogP contribution in [-0.2, 0) is 9.53 Å². The Hall–Kier alpha value is -1.59. The molecule has 1 saturated heterocycles. The van der Waals surface area contributed by atoms with Crippen molar-refractivity contribution in [3.05, 3.63) is 34.9 Å². The number of hydrogen-bond donors (Lipinski definition) is 2. The van der Waals surface area contributed by atoms with Crippen LogP contribution in [0.15, 0.2) is 24.3 Å². The smallest absolute Gasteiger partial charge is 0.251 e. The number of benzene rings is 1. The highest BCUT2D eigenvalue weighted by atomic mass is 35.5. The molecule has 1 aromatic carbocycles. The first-order valence-electron chi connectivity index (χ1n) is 7.93. The van der Waals surface area contributed by atoms with Crippen molar-refractivity contribution in [2.45, 2.75) is 38.8 Å². The summed E-state index contributed by atoms with van der Waals surface area (Å²) >= 11 is 5.82. The predicted octanol–water partition coefficient (Wildman–Crippen LogP) is 2.39. The van der Waals surface area contributed by atoms with Gasteiger partial charge in [-0.15, -0.1) is 0 Å². The zero-order valence-corrected chi connectivity index (χ0v) is 14.2. The second kappa shape index (κ2) is 8.31. The Labute approximate surface area is 141 Å². The highest BCUT2D eigenvalue weighted by Crippen LogP contribution is 2.12. The van der Waals surface area contributed by atoms with E-state index in [0.717, 1.165) is 19.4 Å². The Balaban J connectivity index is 1.92. The monoisotopic (exact) mass is 338 g/mol. The van der Waals surface area contributed by atoms with Gasteiger partial charge in [-0.25, -0.2) is 0 Å². The molecule has 2 atom stereocenters. The van der Waals surface area contributed by atoms with Gasteiger partial charge < -0.3 is 15.4 Å². The summed E-state index contributed by atoms with van der Waals surface area (Å²) < 4.78 is 5.49. The maximum Gasteiger partial charge on any atom is 0.251 e. The third-order valence-electron chi connectivity index (χ3n) is 3.87. The standard InChI is InChI=1S/C17H23ClN2O3/c1-11(2)15(17(22)19-10-14-4-3-9-23-14)20-16(21)12-5-7-13(18)8-6-12/h5-8,11,14-15H,3-4,9-10H2,1-2H3,(H,19,22)(H,20,21)/t14-,15+/m0/s1. The lowest BCUT2D eigenvalue weighted by molar-refractivity contribution is -0.124. The molecular weight excluding hydrogens is 316 g/mol. The molecule has 0 spiro atoms. The van der Waals surface area contributed by atoms with Crippen molar-refractivity contribution < 1.29 is 14.3 Å². The third kappa shape index (κ3) is 5.22. The quantitative estimate of drug-likeness (QED) is 0.837. The minimum absolute atomic E-state index is 0.0178. The fraction of sp³-hybridized carbons (Fsp3) is 0.529. The molecule has 23 heavy (non-hydrogen) atoms. The molecule has 5 nitrogen and oxygen atoms in total. The lowest BCUT2D eigenvalue weighted by Gasteiger charge is -2.22. The van der Waals surface area contributed by atoms with Crippen molar-refractivity contribution in [1.29, 1.82) is 0 Å². The molecule has 0 bridgehead atoms. The van der Waals surface area contributed by atoms with Crippen LogP contribution in [0, 0.1) is 5.92 Å². The molecule has 0 aliphatic carbocycles. The van der Waals surface area contributed by atoms with Gasteiger partial charge in [0.05, 0.1) is 6.10 Å². The second-order valence-corrected chi connectivity index (χ2v) is 6.52. The molecule has 6 heteroatoms. The van der Waals surface area contributed by atoms with E-state index in [-0.39, 0.29) is 23.8 Å². The molecular formula is C17H23ClN2O3. The molecule has 2 rings (SSSR count). The summed E-state index contributed by atoms with van der Waals surface area (Å²) in [5.74, 6) is -0.485. The van der Waals surface area contributed by atoms with Gasteiger partial charge in [0, 0.05) is 23.7 Å². The fourth-order valence-electron chi connectivity index (χ4n) is 2.49. The van der Waals surface area contributed by atoms with Gasteiger partial charge in [0.25, 0.3) is 5.91 Å². The normalized spacial score (nSPS) is 18.7. The fourth-order valence-corrected chi connectivity index (χ4v) is 2.62. The minimum atomic E-state index is -0.584. The summed E-state index contributed by atoms with van der Waals surface area (Å²) in [7, 11) is 0. The molecule has 0 aromatic heterocycles. The summed E-state index contributed by atoms with van der Waals surface area (Å²) in [5.41, 5.74) is 0.479. The zero-order valence-electron chi connectivity index (χ0n) is 13.5. The van der Waals surface area contributed by atoms with Crippen LogP contribution in [-0.4, -0.2) is 37.1 Å². The Kier molecular flexibility index (Phi) is 6.42. The number of ether oxygens (including phenoxy) is 1. The molecule has 2 N–H and O–H groups in total. The lowest BCUT2D eigenvalue weighted by atomic mass is 10.0.